The molecule has 2 rings (SSSR count). The van der Waals surface area contributed by atoms with Crippen molar-refractivity contribution in [1.29, 1.82) is 0 Å². The number of hydrogen-bond donors (Lipinski definition) is 3. The van der Waals surface area contributed by atoms with Crippen molar-refractivity contribution in [3.05, 3.63) is 70.8 Å². The minimum absolute atomic E-state index is 0.0369. The summed E-state index contributed by atoms with van der Waals surface area (Å²) in [6, 6.07) is 6.28. The largest absolute Gasteiger partial charge is 0.480 e. The van der Waals surface area contributed by atoms with Gasteiger partial charge in [0.05, 0.1) is 5.56 Å². The van der Waals surface area contributed by atoms with E-state index in [1.165, 1.54) is 24.3 Å². The van der Waals surface area contributed by atoms with Gasteiger partial charge in [-0.2, -0.15) is 0 Å². The summed E-state index contributed by atoms with van der Waals surface area (Å²) >= 11 is 0. The third-order valence-electron chi connectivity index (χ3n) is 3.37. The van der Waals surface area contributed by atoms with E-state index in [1.54, 1.807) is 0 Å². The summed E-state index contributed by atoms with van der Waals surface area (Å²) in [6.45, 7) is 0. The van der Waals surface area contributed by atoms with Crippen molar-refractivity contribution >= 4 is 17.8 Å². The zero-order valence-electron chi connectivity index (χ0n) is 12.7. The van der Waals surface area contributed by atoms with Crippen molar-refractivity contribution in [3.63, 3.8) is 0 Å². The zero-order chi connectivity index (χ0) is 18.6. The van der Waals surface area contributed by atoms with Gasteiger partial charge in [-0.15, -0.1) is 0 Å². The van der Waals surface area contributed by atoms with Gasteiger partial charge in [0.2, 0.25) is 0 Å². The van der Waals surface area contributed by atoms with Crippen molar-refractivity contribution in [1.82, 2.24) is 5.32 Å². The van der Waals surface area contributed by atoms with Crippen molar-refractivity contribution in [2.75, 3.05) is 0 Å². The fraction of sp³-hybridized carbons (Fsp3) is 0.118. The van der Waals surface area contributed by atoms with Gasteiger partial charge in [-0.05, 0) is 29.8 Å². The highest BCUT2D eigenvalue weighted by Crippen LogP contribution is 2.10. The molecule has 0 aliphatic carbocycles. The number of aliphatic carboxylic acids is 1. The van der Waals surface area contributed by atoms with Gasteiger partial charge in [-0.1, -0.05) is 12.1 Å². The van der Waals surface area contributed by atoms with Gasteiger partial charge in [0, 0.05) is 18.1 Å². The normalized spacial score (nSPS) is 11.6. The number of nitrogens with one attached hydrogen (secondary N) is 1. The van der Waals surface area contributed by atoms with Crippen LogP contribution in [0.1, 0.15) is 26.3 Å². The zero-order valence-corrected chi connectivity index (χ0v) is 12.7. The van der Waals surface area contributed by atoms with Crippen LogP contribution in [-0.4, -0.2) is 34.1 Å². The minimum Gasteiger partial charge on any atom is -0.480 e. The van der Waals surface area contributed by atoms with E-state index in [0.29, 0.717) is 11.6 Å². The molecule has 0 heterocycles. The summed E-state index contributed by atoms with van der Waals surface area (Å²) in [4.78, 5) is 34.1. The molecule has 0 saturated heterocycles. The van der Waals surface area contributed by atoms with Crippen LogP contribution in [0.4, 0.5) is 8.78 Å². The number of hydrogen-bond acceptors (Lipinski definition) is 3. The summed E-state index contributed by atoms with van der Waals surface area (Å²) in [7, 11) is 0. The molecule has 130 valence electrons. The maximum Gasteiger partial charge on any atom is 0.335 e. The third-order valence-corrected chi connectivity index (χ3v) is 3.37. The standard InChI is InChI=1S/C17H13F2NO5/c18-12-6-11(7-13(19)8-12)15(21)20-14(17(24)25)5-9-1-3-10(4-2-9)16(22)23/h1-4,6-8,14H,5H2,(H,20,21)(H,22,23)(H,24,25)/t14-/m1/s1. The van der Waals surface area contributed by atoms with Gasteiger partial charge in [-0.25, -0.2) is 18.4 Å². The average molecular weight is 349 g/mol. The Labute approximate surface area is 140 Å². The van der Waals surface area contributed by atoms with E-state index in [2.05, 4.69) is 5.32 Å². The fourth-order valence-electron chi connectivity index (χ4n) is 2.15. The minimum atomic E-state index is -1.35. The predicted octanol–water partition coefficient (Wildman–Crippen LogP) is 2.09. The Kier molecular flexibility index (Phi) is 5.43. The highest BCUT2D eigenvalue weighted by atomic mass is 19.1. The molecule has 2 aromatic rings. The Balaban J connectivity index is 2.13. The molecule has 0 aliphatic heterocycles. The molecule has 8 heteroatoms. The monoisotopic (exact) mass is 349 g/mol. The van der Waals surface area contributed by atoms with E-state index >= 15 is 0 Å². The Hall–Kier alpha value is -3.29. The first-order valence-corrected chi connectivity index (χ1v) is 7.08. The lowest BCUT2D eigenvalue weighted by atomic mass is 10.0. The van der Waals surface area contributed by atoms with E-state index in [1.807, 2.05) is 0 Å². The number of carbonyl (C=O) groups is 3. The fourth-order valence-corrected chi connectivity index (χ4v) is 2.15. The number of carbonyl (C=O) groups excluding carboxylic acids is 1. The molecule has 1 amide bonds. The maximum absolute atomic E-state index is 13.1. The van der Waals surface area contributed by atoms with Gasteiger partial charge in [0.1, 0.15) is 17.7 Å². The first-order valence-electron chi connectivity index (χ1n) is 7.08. The number of amides is 1. The first-order chi connectivity index (χ1) is 11.8. The number of carboxylic acids is 2. The van der Waals surface area contributed by atoms with E-state index in [9.17, 15) is 28.3 Å². The Bertz CT molecular complexity index is 800. The second-order valence-corrected chi connectivity index (χ2v) is 5.23. The van der Waals surface area contributed by atoms with Crippen LogP contribution in [0, 0.1) is 11.6 Å². The van der Waals surface area contributed by atoms with E-state index in [-0.39, 0.29) is 17.5 Å². The molecule has 0 fully saturated rings. The lowest BCUT2D eigenvalue weighted by Gasteiger charge is -2.15. The number of rotatable bonds is 6. The second-order valence-electron chi connectivity index (χ2n) is 5.23. The molecule has 2 aromatic carbocycles. The molecule has 0 saturated carbocycles. The van der Waals surface area contributed by atoms with Crippen molar-refractivity contribution in [2.24, 2.45) is 0 Å². The van der Waals surface area contributed by atoms with Crippen LogP contribution < -0.4 is 5.32 Å². The van der Waals surface area contributed by atoms with Gasteiger partial charge < -0.3 is 15.5 Å². The second kappa shape index (κ2) is 7.52. The van der Waals surface area contributed by atoms with E-state index in [0.717, 1.165) is 12.1 Å². The van der Waals surface area contributed by atoms with E-state index in [4.69, 9.17) is 5.11 Å². The molecule has 0 spiro atoms. The molecule has 0 radical (unpaired) electrons. The number of carboxylic acid groups (broad SMARTS) is 2. The lowest BCUT2D eigenvalue weighted by Crippen LogP contribution is -2.42. The van der Waals surface area contributed by atoms with Crippen LogP contribution in [0.2, 0.25) is 0 Å². The summed E-state index contributed by atoms with van der Waals surface area (Å²) in [5, 5.41) is 20.2. The Morgan fingerprint density at radius 3 is 1.96 bits per heavy atom. The predicted molar refractivity (Wildman–Crippen MR) is 82.4 cm³/mol. The number of benzene rings is 2. The van der Waals surface area contributed by atoms with Gasteiger partial charge >= 0.3 is 11.9 Å². The van der Waals surface area contributed by atoms with Gasteiger partial charge in [0.15, 0.2) is 0 Å². The topological polar surface area (TPSA) is 104 Å². The number of halogens is 2. The molecule has 6 nitrogen and oxygen atoms in total. The summed E-state index contributed by atoms with van der Waals surface area (Å²) in [5.41, 5.74) is 0.169. The smallest absolute Gasteiger partial charge is 0.335 e. The molecular weight excluding hydrogens is 336 g/mol. The highest BCUT2D eigenvalue weighted by molar-refractivity contribution is 5.96. The Morgan fingerprint density at radius 2 is 1.48 bits per heavy atom. The van der Waals surface area contributed by atoms with Crippen LogP contribution in [0.15, 0.2) is 42.5 Å². The molecule has 0 aliphatic rings. The molecule has 0 unspecified atom stereocenters. The van der Waals surface area contributed by atoms with Crippen LogP contribution in [0.5, 0.6) is 0 Å². The average Bonchev–Trinajstić information content (AvgIpc) is 2.53. The van der Waals surface area contributed by atoms with E-state index < -0.39 is 35.5 Å². The maximum atomic E-state index is 13.1. The quantitative estimate of drug-likeness (QED) is 0.741. The molecule has 25 heavy (non-hydrogen) atoms. The molecule has 0 bridgehead atoms. The molecule has 3 N–H and O–H groups in total. The SMILES string of the molecule is O=C(O)c1ccc(C[C@@H](NC(=O)c2cc(F)cc(F)c2)C(=O)O)cc1. The first kappa shape index (κ1) is 18.1. The number of aromatic carboxylic acids is 1. The van der Waals surface area contributed by atoms with Crippen LogP contribution in [-0.2, 0) is 11.2 Å². The summed E-state index contributed by atoms with van der Waals surface area (Å²) in [6.07, 6.45) is -0.126. The molecule has 1 atom stereocenters. The summed E-state index contributed by atoms with van der Waals surface area (Å²) < 4.78 is 26.3. The van der Waals surface area contributed by atoms with Crippen molar-refractivity contribution in [2.45, 2.75) is 12.5 Å². The highest BCUT2D eigenvalue weighted by Gasteiger charge is 2.22. The van der Waals surface area contributed by atoms with Gasteiger partial charge in [-0.3, -0.25) is 4.79 Å². The van der Waals surface area contributed by atoms with Crippen molar-refractivity contribution in [3.8, 4) is 0 Å². The van der Waals surface area contributed by atoms with Crippen LogP contribution >= 0.6 is 0 Å². The summed E-state index contributed by atoms with van der Waals surface area (Å²) in [5.74, 6) is -5.31. The van der Waals surface area contributed by atoms with Crippen LogP contribution in [0.3, 0.4) is 0 Å². The molecular formula is C17H13F2NO5. The Morgan fingerprint density at radius 1 is 0.920 bits per heavy atom. The molecule has 0 aromatic heterocycles. The lowest BCUT2D eigenvalue weighted by molar-refractivity contribution is -0.139. The van der Waals surface area contributed by atoms with Crippen LogP contribution in [0.25, 0.3) is 0 Å². The van der Waals surface area contributed by atoms with Crippen molar-refractivity contribution < 1.29 is 33.4 Å². The third kappa shape index (κ3) is 4.84. The van der Waals surface area contributed by atoms with Gasteiger partial charge in [0.25, 0.3) is 5.91 Å².